The molecule has 1 amide bonds. The van der Waals surface area contributed by atoms with E-state index in [9.17, 15) is 9.18 Å². The number of anilines is 1. The van der Waals surface area contributed by atoms with Gasteiger partial charge in [0.1, 0.15) is 11.3 Å². The standard InChI is InChI=1S/C13H9FN4O/c14-9-7-15-5-3-10(9)18-13(19)11-6-8-2-1-4-16-12(8)17-11/h1-7H,(H,16,17)(H,15,18,19). The van der Waals surface area contributed by atoms with Gasteiger partial charge >= 0.3 is 0 Å². The van der Waals surface area contributed by atoms with Crippen LogP contribution in [-0.4, -0.2) is 20.9 Å². The van der Waals surface area contributed by atoms with Crippen LogP contribution < -0.4 is 5.32 Å². The third-order valence-electron chi connectivity index (χ3n) is 2.66. The maximum absolute atomic E-state index is 13.4. The molecule has 0 atom stereocenters. The van der Waals surface area contributed by atoms with Crippen LogP contribution >= 0.6 is 0 Å². The molecule has 0 spiro atoms. The molecule has 3 rings (SSSR count). The van der Waals surface area contributed by atoms with Crippen molar-refractivity contribution in [3.8, 4) is 0 Å². The number of pyridine rings is 2. The molecule has 0 saturated carbocycles. The van der Waals surface area contributed by atoms with Crippen LogP contribution in [0.25, 0.3) is 11.0 Å². The van der Waals surface area contributed by atoms with E-state index >= 15 is 0 Å². The van der Waals surface area contributed by atoms with Crippen LogP contribution in [0.5, 0.6) is 0 Å². The van der Waals surface area contributed by atoms with Gasteiger partial charge in [-0.05, 0) is 24.3 Å². The Morgan fingerprint density at radius 3 is 3.00 bits per heavy atom. The van der Waals surface area contributed by atoms with E-state index in [1.54, 1.807) is 18.3 Å². The number of aromatic nitrogens is 3. The quantitative estimate of drug-likeness (QED) is 0.739. The third kappa shape index (κ3) is 2.15. The van der Waals surface area contributed by atoms with Crippen LogP contribution in [0.15, 0.2) is 42.9 Å². The lowest BCUT2D eigenvalue weighted by Crippen LogP contribution is -2.13. The molecule has 2 N–H and O–H groups in total. The number of nitrogens with one attached hydrogen (secondary N) is 2. The Labute approximate surface area is 107 Å². The largest absolute Gasteiger partial charge is 0.335 e. The fourth-order valence-corrected chi connectivity index (χ4v) is 1.75. The van der Waals surface area contributed by atoms with Crippen LogP contribution in [-0.2, 0) is 0 Å². The molecule has 0 radical (unpaired) electrons. The maximum atomic E-state index is 13.4. The minimum atomic E-state index is -0.579. The Morgan fingerprint density at radius 1 is 1.32 bits per heavy atom. The summed E-state index contributed by atoms with van der Waals surface area (Å²) in [4.78, 5) is 22.6. The summed E-state index contributed by atoms with van der Waals surface area (Å²) >= 11 is 0. The van der Waals surface area contributed by atoms with Gasteiger partial charge in [0.25, 0.3) is 5.91 Å². The van der Waals surface area contributed by atoms with Crippen molar-refractivity contribution in [1.29, 1.82) is 0 Å². The van der Waals surface area contributed by atoms with Gasteiger partial charge in [-0.25, -0.2) is 9.37 Å². The zero-order valence-electron chi connectivity index (χ0n) is 9.72. The number of carbonyl (C=O) groups is 1. The third-order valence-corrected chi connectivity index (χ3v) is 2.66. The summed E-state index contributed by atoms with van der Waals surface area (Å²) in [5, 5.41) is 3.30. The molecule has 0 aliphatic rings. The van der Waals surface area contributed by atoms with Crippen LogP contribution in [0.2, 0.25) is 0 Å². The molecule has 0 bridgehead atoms. The minimum Gasteiger partial charge on any atom is -0.335 e. The summed E-state index contributed by atoms with van der Waals surface area (Å²) in [6.45, 7) is 0. The van der Waals surface area contributed by atoms with E-state index in [2.05, 4.69) is 20.3 Å². The molecular weight excluding hydrogens is 247 g/mol. The fraction of sp³-hybridized carbons (Fsp3) is 0. The maximum Gasteiger partial charge on any atom is 0.272 e. The van der Waals surface area contributed by atoms with Gasteiger partial charge in [-0.3, -0.25) is 9.78 Å². The van der Waals surface area contributed by atoms with Gasteiger partial charge in [-0.2, -0.15) is 0 Å². The van der Waals surface area contributed by atoms with Crippen molar-refractivity contribution in [2.75, 3.05) is 5.32 Å². The van der Waals surface area contributed by atoms with Gasteiger partial charge in [0.05, 0.1) is 11.9 Å². The minimum absolute atomic E-state index is 0.0895. The van der Waals surface area contributed by atoms with Crippen LogP contribution in [0.3, 0.4) is 0 Å². The Hall–Kier alpha value is -2.76. The summed E-state index contributed by atoms with van der Waals surface area (Å²) in [7, 11) is 0. The monoisotopic (exact) mass is 256 g/mol. The van der Waals surface area contributed by atoms with E-state index in [-0.39, 0.29) is 5.69 Å². The molecule has 0 aliphatic carbocycles. The highest BCUT2D eigenvalue weighted by molar-refractivity contribution is 6.05. The Morgan fingerprint density at radius 2 is 2.21 bits per heavy atom. The number of amides is 1. The average Bonchev–Trinajstić information content (AvgIpc) is 2.85. The highest BCUT2D eigenvalue weighted by Gasteiger charge is 2.12. The lowest BCUT2D eigenvalue weighted by molar-refractivity contribution is 0.102. The van der Waals surface area contributed by atoms with Gasteiger partial charge < -0.3 is 10.3 Å². The van der Waals surface area contributed by atoms with Crippen molar-refractivity contribution in [1.82, 2.24) is 15.0 Å². The number of rotatable bonds is 2. The number of hydrogen-bond donors (Lipinski definition) is 2. The summed E-state index contributed by atoms with van der Waals surface area (Å²) in [5.41, 5.74) is 1.03. The number of aromatic amines is 1. The van der Waals surface area contributed by atoms with E-state index in [0.29, 0.717) is 11.3 Å². The molecule has 5 nitrogen and oxygen atoms in total. The molecule has 0 saturated heterocycles. The van der Waals surface area contributed by atoms with Crippen molar-refractivity contribution in [2.24, 2.45) is 0 Å². The van der Waals surface area contributed by atoms with Crippen molar-refractivity contribution in [3.63, 3.8) is 0 Å². The lowest BCUT2D eigenvalue weighted by atomic mass is 10.3. The predicted octanol–water partition coefficient (Wildman–Crippen LogP) is 2.35. The van der Waals surface area contributed by atoms with Crippen molar-refractivity contribution in [2.45, 2.75) is 0 Å². The van der Waals surface area contributed by atoms with Gasteiger partial charge in [-0.1, -0.05) is 0 Å². The second kappa shape index (κ2) is 4.49. The normalized spacial score (nSPS) is 10.6. The van der Waals surface area contributed by atoms with Gasteiger partial charge in [0.2, 0.25) is 0 Å². The Balaban J connectivity index is 1.90. The van der Waals surface area contributed by atoms with Crippen LogP contribution in [0.4, 0.5) is 10.1 Å². The Kier molecular flexibility index (Phi) is 2.68. The summed E-state index contributed by atoms with van der Waals surface area (Å²) in [6.07, 6.45) is 4.08. The predicted molar refractivity (Wildman–Crippen MR) is 68.2 cm³/mol. The van der Waals surface area contributed by atoms with Gasteiger partial charge in [-0.15, -0.1) is 0 Å². The molecular formula is C13H9FN4O. The van der Waals surface area contributed by atoms with Crippen molar-refractivity contribution in [3.05, 3.63) is 54.4 Å². The molecule has 0 aromatic carbocycles. The SMILES string of the molecule is O=C(Nc1ccncc1F)c1cc2cccnc2[nH]1. The summed E-state index contributed by atoms with van der Waals surface area (Å²) in [5.74, 6) is -1.01. The molecule has 6 heteroatoms. The van der Waals surface area contributed by atoms with Gasteiger partial charge in [0, 0.05) is 17.8 Å². The zero-order chi connectivity index (χ0) is 13.2. The zero-order valence-corrected chi connectivity index (χ0v) is 9.72. The highest BCUT2D eigenvalue weighted by atomic mass is 19.1. The van der Waals surface area contributed by atoms with Crippen LogP contribution in [0, 0.1) is 5.82 Å². The first-order valence-electron chi connectivity index (χ1n) is 5.58. The molecule has 19 heavy (non-hydrogen) atoms. The smallest absolute Gasteiger partial charge is 0.272 e. The van der Waals surface area contributed by atoms with E-state index in [0.717, 1.165) is 11.6 Å². The first-order chi connectivity index (χ1) is 9.24. The van der Waals surface area contributed by atoms with Crippen molar-refractivity contribution >= 4 is 22.6 Å². The number of nitrogens with zero attached hydrogens (tertiary/aromatic N) is 2. The number of halogens is 1. The lowest BCUT2D eigenvalue weighted by Gasteiger charge is -2.03. The highest BCUT2D eigenvalue weighted by Crippen LogP contribution is 2.15. The fourth-order valence-electron chi connectivity index (χ4n) is 1.75. The number of carbonyl (C=O) groups excluding carboxylic acids is 1. The topological polar surface area (TPSA) is 70.7 Å². The first kappa shape index (κ1) is 11.3. The number of hydrogen-bond acceptors (Lipinski definition) is 3. The van der Waals surface area contributed by atoms with E-state index in [1.165, 1.54) is 12.3 Å². The molecule has 3 aromatic rings. The summed E-state index contributed by atoms with van der Waals surface area (Å²) in [6, 6.07) is 6.67. The van der Waals surface area contributed by atoms with E-state index in [1.807, 2.05) is 6.07 Å². The molecule has 94 valence electrons. The molecule has 0 aliphatic heterocycles. The average molecular weight is 256 g/mol. The number of fused-ring (bicyclic) bond motifs is 1. The second-order valence-electron chi connectivity index (χ2n) is 3.93. The first-order valence-corrected chi connectivity index (χ1v) is 5.58. The summed E-state index contributed by atoms with van der Waals surface area (Å²) < 4.78 is 13.4. The second-order valence-corrected chi connectivity index (χ2v) is 3.93. The van der Waals surface area contributed by atoms with Crippen molar-refractivity contribution < 1.29 is 9.18 Å². The molecule has 0 unspecified atom stereocenters. The van der Waals surface area contributed by atoms with Gasteiger partial charge in [0.15, 0.2) is 5.82 Å². The molecule has 0 fully saturated rings. The van der Waals surface area contributed by atoms with E-state index < -0.39 is 11.7 Å². The Bertz CT molecular complexity index is 720. The molecule has 3 aromatic heterocycles. The van der Waals surface area contributed by atoms with Crippen LogP contribution in [0.1, 0.15) is 10.5 Å². The molecule has 3 heterocycles. The van der Waals surface area contributed by atoms with E-state index in [4.69, 9.17) is 0 Å². The number of H-pyrrole nitrogens is 1.